The maximum atomic E-state index is 8.54. The van der Waals surface area contributed by atoms with Crippen LogP contribution in [0.1, 0.15) is 73.9 Å². The largest absolute Gasteiger partial charge is 0.353 e. The van der Waals surface area contributed by atoms with E-state index in [4.69, 9.17) is 15.4 Å². The van der Waals surface area contributed by atoms with E-state index in [1.807, 2.05) is 12.1 Å². The molecule has 0 saturated heterocycles. The molecule has 2 N–H and O–H groups in total. The molecule has 61 heavy (non-hydrogen) atoms. The molecular formula is C57H48N4. The number of allylic oxidation sites excluding steroid dienone is 18. The Morgan fingerprint density at radius 2 is 0.967 bits per heavy atom. The first-order valence-electron chi connectivity index (χ1n) is 21.7. The number of rotatable bonds is 9. The Hall–Kier alpha value is -7.17. The highest BCUT2D eigenvalue weighted by molar-refractivity contribution is 6.09. The van der Waals surface area contributed by atoms with Gasteiger partial charge in [0.05, 0.1) is 22.8 Å². The smallest absolute Gasteiger partial charge is 0.156 e. The highest BCUT2D eigenvalue weighted by Gasteiger charge is 2.29. The van der Waals surface area contributed by atoms with E-state index in [0.29, 0.717) is 0 Å². The van der Waals surface area contributed by atoms with Crippen molar-refractivity contribution in [3.05, 3.63) is 238 Å². The molecule has 2 heterocycles. The van der Waals surface area contributed by atoms with Gasteiger partial charge in [-0.3, -0.25) is 0 Å². The maximum absolute atomic E-state index is 8.54. The minimum absolute atomic E-state index is 0.814. The second-order valence-corrected chi connectivity index (χ2v) is 16.2. The van der Waals surface area contributed by atoms with Crippen LogP contribution in [0, 0.1) is 5.41 Å². The molecule has 296 valence electrons. The highest BCUT2D eigenvalue weighted by Crippen LogP contribution is 2.45. The highest BCUT2D eigenvalue weighted by atomic mass is 14.9. The summed E-state index contributed by atoms with van der Waals surface area (Å²) in [5.41, 5.74) is 21.4. The molecule has 1 aliphatic heterocycles. The predicted octanol–water partition coefficient (Wildman–Crippen LogP) is 14.0. The average Bonchev–Trinajstić information content (AvgIpc) is 3.35. The summed E-state index contributed by atoms with van der Waals surface area (Å²) in [6, 6.07) is 42.4. The van der Waals surface area contributed by atoms with Gasteiger partial charge in [-0.15, -0.1) is 0 Å². The maximum Gasteiger partial charge on any atom is 0.156 e. The summed E-state index contributed by atoms with van der Waals surface area (Å²) in [5.74, 6) is 0.814. The van der Waals surface area contributed by atoms with Crippen molar-refractivity contribution in [2.45, 2.75) is 51.4 Å². The third-order valence-corrected chi connectivity index (χ3v) is 12.5. The van der Waals surface area contributed by atoms with Crippen LogP contribution < -0.4 is 5.32 Å². The molecule has 4 aromatic carbocycles. The normalized spacial score (nSPS) is 18.3. The molecule has 0 spiro atoms. The number of nitrogens with one attached hydrogen (secondary N) is 2. The molecule has 0 fully saturated rings. The number of hydrogen-bond acceptors (Lipinski definition) is 4. The van der Waals surface area contributed by atoms with Crippen LogP contribution >= 0.6 is 0 Å². The summed E-state index contributed by atoms with van der Waals surface area (Å²) < 4.78 is 0. The van der Waals surface area contributed by atoms with Crippen molar-refractivity contribution in [3.63, 3.8) is 0 Å². The van der Waals surface area contributed by atoms with Crippen molar-refractivity contribution in [2.75, 3.05) is 0 Å². The summed E-state index contributed by atoms with van der Waals surface area (Å²) in [5, 5.41) is 12.5. The lowest BCUT2D eigenvalue weighted by Crippen LogP contribution is -2.22. The molecule has 0 unspecified atom stereocenters. The minimum Gasteiger partial charge on any atom is -0.353 e. The van der Waals surface area contributed by atoms with Gasteiger partial charge in [0, 0.05) is 34.1 Å². The van der Waals surface area contributed by atoms with Crippen LogP contribution in [-0.4, -0.2) is 16.2 Å². The van der Waals surface area contributed by atoms with Crippen molar-refractivity contribution >= 4 is 28.8 Å². The Bertz CT molecular complexity index is 2800. The number of aromatic nitrogens is 2. The Balaban J connectivity index is 0.933. The molecule has 5 aliphatic rings. The zero-order valence-corrected chi connectivity index (χ0v) is 34.4. The first kappa shape index (κ1) is 38.1. The van der Waals surface area contributed by atoms with Gasteiger partial charge >= 0.3 is 0 Å². The fourth-order valence-electron chi connectivity index (χ4n) is 9.31. The molecule has 5 aromatic rings. The molecule has 0 amide bonds. The summed E-state index contributed by atoms with van der Waals surface area (Å²) in [6.07, 6.45) is 29.9. The molecular weight excluding hydrogens is 741 g/mol. The van der Waals surface area contributed by atoms with Gasteiger partial charge in [0.1, 0.15) is 0 Å². The van der Waals surface area contributed by atoms with Crippen LogP contribution in [0.5, 0.6) is 0 Å². The van der Waals surface area contributed by atoms with Gasteiger partial charge in [-0.05, 0) is 108 Å². The number of benzene rings is 4. The summed E-state index contributed by atoms with van der Waals surface area (Å²) in [7, 11) is 0. The van der Waals surface area contributed by atoms with Crippen molar-refractivity contribution < 1.29 is 0 Å². The van der Waals surface area contributed by atoms with Crippen LogP contribution in [0.15, 0.2) is 215 Å². The Morgan fingerprint density at radius 3 is 1.46 bits per heavy atom. The first-order chi connectivity index (χ1) is 30.2. The Morgan fingerprint density at radius 1 is 0.492 bits per heavy atom. The molecule has 10 rings (SSSR count). The lowest BCUT2D eigenvalue weighted by atomic mass is 9.79. The van der Waals surface area contributed by atoms with Gasteiger partial charge in [-0.2, -0.15) is 0 Å². The van der Waals surface area contributed by atoms with E-state index in [-0.39, 0.29) is 0 Å². The molecule has 0 radical (unpaired) electrons. The SMILES string of the molecule is N=C/C(C1=CC=CCC1)=C1\NC(c2ccccc2)=C(C2=CC=C(C3=CC=C(C4=CC=C(c5nc(-c6ccccc6)cc(-c6ccccc6)n5)CC4)CC3)CC2)c2ccccc21. The van der Waals surface area contributed by atoms with Gasteiger partial charge in [0.15, 0.2) is 5.82 Å². The second kappa shape index (κ2) is 17.2. The molecule has 0 atom stereocenters. The van der Waals surface area contributed by atoms with Gasteiger partial charge in [-0.1, -0.05) is 170 Å². The quantitative estimate of drug-likeness (QED) is 0.146. The standard InChI is InChI=1S/C57H48N4/c58-38-51(43-15-5-1-6-16-43)56-50-24-14-13-23-49(50)54(55(61-56)47-21-11-4-12-22-47)46-33-29-41(30-34-46)39-25-27-40(28-26-39)42-31-35-48(36-32-42)57-59-52(44-17-7-2-8-18-44)37-53(60-57)45-19-9-3-10-20-45/h1-5,7-15,17-25,27,29,31,33,35,37-38,58,61H,6,16,26,28,30,32,34,36H2/b56-51+,58-38?. The summed E-state index contributed by atoms with van der Waals surface area (Å²) >= 11 is 0. The minimum atomic E-state index is 0.814. The van der Waals surface area contributed by atoms with Crippen LogP contribution in [-0.2, 0) is 0 Å². The summed E-state index contributed by atoms with van der Waals surface area (Å²) in [6.45, 7) is 0. The van der Waals surface area contributed by atoms with Crippen molar-refractivity contribution in [3.8, 4) is 22.5 Å². The number of fused-ring (bicyclic) bond motifs is 1. The van der Waals surface area contributed by atoms with Crippen LogP contribution in [0.4, 0.5) is 0 Å². The molecule has 4 nitrogen and oxygen atoms in total. The fourth-order valence-corrected chi connectivity index (χ4v) is 9.31. The zero-order chi connectivity index (χ0) is 41.0. The monoisotopic (exact) mass is 788 g/mol. The number of nitrogens with zero attached hydrogens (tertiary/aromatic N) is 2. The third-order valence-electron chi connectivity index (χ3n) is 12.5. The lowest BCUT2D eigenvalue weighted by Gasteiger charge is -2.32. The predicted molar refractivity (Wildman–Crippen MR) is 254 cm³/mol. The van der Waals surface area contributed by atoms with Crippen molar-refractivity contribution in [1.82, 2.24) is 15.3 Å². The number of hydrogen-bond donors (Lipinski definition) is 2. The van der Waals surface area contributed by atoms with Crippen molar-refractivity contribution in [2.24, 2.45) is 0 Å². The van der Waals surface area contributed by atoms with E-state index >= 15 is 0 Å². The fraction of sp³-hybridized carbons (Fsp3) is 0.140. The Kier molecular flexibility index (Phi) is 10.7. The molecule has 0 bridgehead atoms. The zero-order valence-electron chi connectivity index (χ0n) is 34.4. The van der Waals surface area contributed by atoms with Gasteiger partial charge in [-0.25, -0.2) is 9.97 Å². The van der Waals surface area contributed by atoms with E-state index < -0.39 is 0 Å². The van der Waals surface area contributed by atoms with Crippen LogP contribution in [0.2, 0.25) is 0 Å². The van der Waals surface area contributed by atoms with Crippen LogP contribution in [0.25, 0.3) is 45.1 Å². The Labute approximate surface area is 359 Å². The van der Waals surface area contributed by atoms with Crippen molar-refractivity contribution in [1.29, 1.82) is 5.41 Å². The summed E-state index contributed by atoms with van der Waals surface area (Å²) in [4.78, 5) is 10.2. The lowest BCUT2D eigenvalue weighted by molar-refractivity contribution is 0.845. The topological polar surface area (TPSA) is 61.7 Å². The van der Waals surface area contributed by atoms with Gasteiger partial charge < -0.3 is 10.7 Å². The van der Waals surface area contributed by atoms with E-state index in [1.54, 1.807) is 0 Å². The average molecular weight is 789 g/mol. The molecule has 0 saturated carbocycles. The molecule has 4 heteroatoms. The second-order valence-electron chi connectivity index (χ2n) is 16.2. The molecule has 1 aromatic heterocycles. The van der Waals surface area contributed by atoms with E-state index in [1.165, 1.54) is 56.4 Å². The third kappa shape index (κ3) is 7.85. The van der Waals surface area contributed by atoms with E-state index in [2.05, 4.69) is 169 Å². The van der Waals surface area contributed by atoms with Gasteiger partial charge in [0.2, 0.25) is 0 Å². The van der Waals surface area contributed by atoms with E-state index in [0.717, 1.165) is 108 Å². The van der Waals surface area contributed by atoms with Gasteiger partial charge in [0.25, 0.3) is 0 Å². The first-order valence-corrected chi connectivity index (χ1v) is 21.7. The van der Waals surface area contributed by atoms with Crippen LogP contribution in [0.3, 0.4) is 0 Å². The van der Waals surface area contributed by atoms with E-state index in [9.17, 15) is 0 Å². The molecule has 4 aliphatic carbocycles.